The highest BCUT2D eigenvalue weighted by Crippen LogP contribution is 2.42. The van der Waals surface area contributed by atoms with Crippen LogP contribution < -0.4 is 4.74 Å². The Labute approximate surface area is 261 Å². The number of nitriles is 1. The van der Waals surface area contributed by atoms with Crippen molar-refractivity contribution in [2.24, 2.45) is 5.92 Å². The number of hydrogen-bond donors (Lipinski definition) is 1. The Morgan fingerprint density at radius 2 is 1.85 bits per heavy atom. The number of rotatable bonds is 8. The van der Waals surface area contributed by atoms with E-state index in [-0.39, 0.29) is 70.7 Å². The summed E-state index contributed by atoms with van der Waals surface area (Å²) >= 11 is 0. The van der Waals surface area contributed by atoms with Gasteiger partial charge in [0.2, 0.25) is 5.88 Å². The first kappa shape index (κ1) is 29.5. The molecular weight excluding hydrogens is 599 g/mol. The molecule has 0 radical (unpaired) electrons. The number of hydrogen-bond acceptors (Lipinski definition) is 6. The minimum Gasteiger partial charge on any atom is -0.478 e. The van der Waals surface area contributed by atoms with E-state index in [0.29, 0.717) is 24.4 Å². The summed E-state index contributed by atoms with van der Waals surface area (Å²) in [6.45, 7) is 0.723. The van der Waals surface area contributed by atoms with Crippen LogP contribution in [0.1, 0.15) is 45.2 Å². The van der Waals surface area contributed by atoms with Crippen molar-refractivity contribution < 1.29 is 37.3 Å². The number of halogens is 3. The van der Waals surface area contributed by atoms with E-state index in [1.807, 2.05) is 16.7 Å². The first-order valence-corrected chi connectivity index (χ1v) is 14.7. The van der Waals surface area contributed by atoms with E-state index in [1.165, 1.54) is 30.3 Å². The number of fused-ring (bicyclic) bond motifs is 2. The minimum atomic E-state index is -1.06. The molecule has 5 aromatic rings. The Morgan fingerprint density at radius 1 is 1.00 bits per heavy atom. The first-order chi connectivity index (χ1) is 22.3. The average molecular weight is 626 g/mol. The molecule has 3 unspecified atom stereocenters. The van der Waals surface area contributed by atoms with Gasteiger partial charge in [0.05, 0.1) is 42.1 Å². The van der Waals surface area contributed by atoms with E-state index >= 15 is 8.78 Å². The number of benzene rings is 3. The van der Waals surface area contributed by atoms with Gasteiger partial charge in [0.25, 0.3) is 0 Å². The maximum Gasteiger partial charge on any atom is 0.335 e. The standard InChI is InChI=1S/C35H26F3N3O5/c36-27-10-19(16-39)4-5-22(27)17-45-33-3-1-2-30(40-33)26-15-28(37)23(13-29(26)38)12-24-11-20-6-7-21(34(42)43)14-31(20)41(24)32-18-46-35-25(32)8-9-44-35/h1-7,10-11,13-15,25,32,35H,8-9,12,17-18H2,(H,42,43). The molecule has 3 aromatic carbocycles. The van der Waals surface area contributed by atoms with Crippen LogP contribution in [0, 0.1) is 34.7 Å². The summed E-state index contributed by atoms with van der Waals surface area (Å²) in [6.07, 6.45) is 0.451. The molecule has 0 saturated carbocycles. The highest BCUT2D eigenvalue weighted by Gasteiger charge is 2.43. The Morgan fingerprint density at radius 3 is 2.65 bits per heavy atom. The van der Waals surface area contributed by atoms with Gasteiger partial charge in [-0.3, -0.25) is 0 Å². The average Bonchev–Trinajstić information content (AvgIpc) is 3.77. The molecule has 2 aromatic heterocycles. The molecule has 3 atom stereocenters. The second kappa shape index (κ2) is 12.0. The lowest BCUT2D eigenvalue weighted by molar-refractivity contribution is -0.0905. The molecule has 11 heteroatoms. The van der Waals surface area contributed by atoms with Gasteiger partial charge in [-0.15, -0.1) is 0 Å². The minimum absolute atomic E-state index is 0.0424. The van der Waals surface area contributed by atoms with Crippen molar-refractivity contribution >= 4 is 16.9 Å². The van der Waals surface area contributed by atoms with Gasteiger partial charge in [0.1, 0.15) is 24.1 Å². The van der Waals surface area contributed by atoms with Crippen LogP contribution in [-0.4, -0.2) is 40.1 Å². The topological polar surface area (TPSA) is 107 Å². The van der Waals surface area contributed by atoms with Gasteiger partial charge in [0, 0.05) is 40.7 Å². The number of aromatic carboxylic acids is 1. The van der Waals surface area contributed by atoms with Crippen molar-refractivity contribution in [3.8, 4) is 23.2 Å². The van der Waals surface area contributed by atoms with Gasteiger partial charge in [-0.2, -0.15) is 5.26 Å². The summed E-state index contributed by atoms with van der Waals surface area (Å²) < 4.78 is 64.8. The Bertz CT molecular complexity index is 2040. The van der Waals surface area contributed by atoms with Crippen LogP contribution in [0.5, 0.6) is 5.88 Å². The Balaban J connectivity index is 1.18. The largest absolute Gasteiger partial charge is 0.478 e. The molecule has 46 heavy (non-hydrogen) atoms. The maximum absolute atomic E-state index is 15.7. The third kappa shape index (κ3) is 5.46. The highest BCUT2D eigenvalue weighted by molar-refractivity contribution is 5.94. The van der Waals surface area contributed by atoms with Crippen molar-refractivity contribution in [2.75, 3.05) is 13.2 Å². The zero-order chi connectivity index (χ0) is 31.9. The second-order valence-corrected chi connectivity index (χ2v) is 11.3. The number of nitrogens with zero attached hydrogens (tertiary/aromatic N) is 3. The molecule has 0 amide bonds. The van der Waals surface area contributed by atoms with E-state index in [4.69, 9.17) is 19.5 Å². The van der Waals surface area contributed by atoms with Crippen LogP contribution >= 0.6 is 0 Å². The molecule has 4 heterocycles. The number of aromatic nitrogens is 2. The van der Waals surface area contributed by atoms with Crippen molar-refractivity contribution in [1.82, 2.24) is 9.55 Å². The summed E-state index contributed by atoms with van der Waals surface area (Å²) in [5.41, 5.74) is 2.06. The van der Waals surface area contributed by atoms with Crippen molar-refractivity contribution in [3.63, 3.8) is 0 Å². The third-order valence-corrected chi connectivity index (χ3v) is 8.57. The quantitative estimate of drug-likeness (QED) is 0.202. The molecule has 0 aliphatic carbocycles. The van der Waals surface area contributed by atoms with E-state index in [2.05, 4.69) is 4.98 Å². The monoisotopic (exact) mass is 625 g/mol. The van der Waals surface area contributed by atoms with Gasteiger partial charge in [-0.1, -0.05) is 18.2 Å². The van der Waals surface area contributed by atoms with Crippen LogP contribution in [0.4, 0.5) is 13.2 Å². The number of carboxylic acids is 1. The first-order valence-electron chi connectivity index (χ1n) is 14.7. The van der Waals surface area contributed by atoms with Gasteiger partial charge in [-0.05, 0) is 65.9 Å². The Kier molecular flexibility index (Phi) is 7.68. The number of ether oxygens (including phenoxy) is 3. The fraction of sp³-hybridized carbons (Fsp3) is 0.229. The van der Waals surface area contributed by atoms with E-state index in [1.54, 1.807) is 18.2 Å². The SMILES string of the molecule is N#Cc1ccc(COc2cccc(-c3cc(F)c(Cc4cc5ccc(C(=O)O)cc5n4C4COC5OCCC54)cc3F)n2)c(F)c1. The van der Waals surface area contributed by atoms with E-state index in [0.717, 1.165) is 30.0 Å². The van der Waals surface area contributed by atoms with Crippen LogP contribution in [0.3, 0.4) is 0 Å². The van der Waals surface area contributed by atoms with E-state index in [9.17, 15) is 14.3 Å². The molecule has 232 valence electrons. The van der Waals surface area contributed by atoms with Crippen LogP contribution in [-0.2, 0) is 22.5 Å². The van der Waals surface area contributed by atoms with Crippen molar-refractivity contribution in [2.45, 2.75) is 31.8 Å². The predicted molar refractivity (Wildman–Crippen MR) is 160 cm³/mol. The lowest BCUT2D eigenvalue weighted by atomic mass is 9.99. The molecule has 8 nitrogen and oxygen atoms in total. The zero-order valence-corrected chi connectivity index (χ0v) is 24.3. The second-order valence-electron chi connectivity index (χ2n) is 11.3. The molecular formula is C35H26F3N3O5. The van der Waals surface area contributed by atoms with Gasteiger partial charge < -0.3 is 23.9 Å². The summed E-state index contributed by atoms with van der Waals surface area (Å²) in [4.78, 5) is 16.1. The summed E-state index contributed by atoms with van der Waals surface area (Å²) in [5.74, 6) is -2.86. The van der Waals surface area contributed by atoms with Crippen LogP contribution in [0.2, 0.25) is 0 Å². The lowest BCUT2D eigenvalue weighted by Gasteiger charge is -2.22. The molecule has 1 N–H and O–H groups in total. The normalized spacial score (nSPS) is 18.9. The number of carboxylic acid groups (broad SMARTS) is 1. The molecule has 2 aliphatic heterocycles. The summed E-state index contributed by atoms with van der Waals surface area (Å²) in [7, 11) is 0. The molecule has 7 rings (SSSR count). The third-order valence-electron chi connectivity index (χ3n) is 8.57. The highest BCUT2D eigenvalue weighted by atomic mass is 19.1. The zero-order valence-electron chi connectivity index (χ0n) is 24.3. The van der Waals surface area contributed by atoms with Crippen molar-refractivity contribution in [1.29, 1.82) is 5.26 Å². The molecule has 2 saturated heterocycles. The van der Waals surface area contributed by atoms with Crippen LogP contribution in [0.15, 0.2) is 72.8 Å². The molecule has 0 bridgehead atoms. The summed E-state index contributed by atoms with van der Waals surface area (Å²) in [6, 6.07) is 19.3. The predicted octanol–water partition coefficient (Wildman–Crippen LogP) is 6.79. The Hall–Kier alpha value is -5.18. The molecule has 2 fully saturated rings. The fourth-order valence-electron chi connectivity index (χ4n) is 6.29. The van der Waals surface area contributed by atoms with Crippen molar-refractivity contribution in [3.05, 3.63) is 118 Å². The maximum atomic E-state index is 15.7. The van der Waals surface area contributed by atoms with Gasteiger partial charge in [0.15, 0.2) is 6.29 Å². The number of pyridine rings is 1. The van der Waals surface area contributed by atoms with Crippen LogP contribution in [0.25, 0.3) is 22.2 Å². The molecule has 2 aliphatic rings. The smallest absolute Gasteiger partial charge is 0.335 e. The van der Waals surface area contributed by atoms with E-state index < -0.39 is 23.4 Å². The molecule has 0 spiro atoms. The van der Waals surface area contributed by atoms with Gasteiger partial charge in [-0.25, -0.2) is 22.9 Å². The lowest BCUT2D eigenvalue weighted by Crippen LogP contribution is -2.21. The summed E-state index contributed by atoms with van der Waals surface area (Å²) in [5, 5.41) is 19.3. The van der Waals surface area contributed by atoms with Gasteiger partial charge >= 0.3 is 5.97 Å². The fourth-order valence-corrected chi connectivity index (χ4v) is 6.29. The number of carbonyl (C=O) groups is 1.